The fraction of sp³-hybridized carbons (Fsp3) is 0.481. The van der Waals surface area contributed by atoms with Crippen molar-refractivity contribution in [1.82, 2.24) is 14.8 Å². The Bertz CT molecular complexity index is 1250. The number of carbonyl (C=O) groups excluding carboxylic acids is 1. The molecule has 0 fully saturated rings. The van der Waals surface area contributed by atoms with Crippen LogP contribution in [0.3, 0.4) is 0 Å². The van der Waals surface area contributed by atoms with E-state index >= 15 is 0 Å². The monoisotopic (exact) mass is 493 g/mol. The zero-order valence-electron chi connectivity index (χ0n) is 21.5. The van der Waals surface area contributed by atoms with Gasteiger partial charge in [0, 0.05) is 16.0 Å². The summed E-state index contributed by atoms with van der Waals surface area (Å²) in [5, 5.41) is 9.86. The first-order valence-corrected chi connectivity index (χ1v) is 13.0. The highest BCUT2D eigenvalue weighted by Gasteiger charge is 2.33. The molecule has 3 aromatic rings. The van der Waals surface area contributed by atoms with Crippen LogP contribution < -0.4 is 5.73 Å². The lowest BCUT2D eigenvalue weighted by Crippen LogP contribution is -2.25. The van der Waals surface area contributed by atoms with E-state index in [0.717, 1.165) is 53.5 Å². The number of fused-ring (bicyclic) bond motifs is 3. The van der Waals surface area contributed by atoms with Crippen LogP contribution in [-0.4, -0.2) is 38.6 Å². The molecular weight excluding hydrogens is 458 g/mol. The van der Waals surface area contributed by atoms with Crippen molar-refractivity contribution in [3.8, 4) is 5.00 Å². The number of hydrogen-bond acceptors (Lipinski definition) is 7. The Morgan fingerprint density at radius 2 is 1.83 bits per heavy atom. The number of aryl methyl sites for hydroxylation is 3. The van der Waals surface area contributed by atoms with E-state index in [1.54, 1.807) is 11.3 Å². The second-order valence-electron chi connectivity index (χ2n) is 10.1. The van der Waals surface area contributed by atoms with Crippen molar-refractivity contribution in [2.24, 2.45) is 10.7 Å². The Labute approximate surface area is 211 Å². The molecule has 4 rings (SSSR count). The summed E-state index contributed by atoms with van der Waals surface area (Å²) in [6.45, 7) is 12.5. The maximum atomic E-state index is 12.8. The van der Waals surface area contributed by atoms with Gasteiger partial charge in [-0.2, -0.15) is 0 Å². The summed E-state index contributed by atoms with van der Waals surface area (Å²) in [5.41, 5.74) is 10.6. The number of nitrogens with two attached hydrogens (primary N) is 1. The van der Waals surface area contributed by atoms with E-state index in [2.05, 4.69) is 52.9 Å². The van der Waals surface area contributed by atoms with Crippen molar-refractivity contribution in [2.75, 3.05) is 6.54 Å². The maximum absolute atomic E-state index is 12.8. The molecule has 3 heterocycles. The number of unbranched alkanes of at least 4 members (excludes halogenated alkanes) is 1. The number of esters is 1. The number of aliphatic imine (C=N–C) groups is 1. The number of aromatic nitrogens is 3. The largest absolute Gasteiger partial charge is 0.460 e. The summed E-state index contributed by atoms with van der Waals surface area (Å²) in [6, 6.07) is 8.11. The quantitative estimate of drug-likeness (QED) is 0.362. The molecule has 0 bridgehead atoms. The number of ether oxygens (including phenoxy) is 1. The van der Waals surface area contributed by atoms with Gasteiger partial charge in [-0.3, -0.25) is 14.4 Å². The molecule has 8 heteroatoms. The molecule has 2 aromatic heterocycles. The fourth-order valence-electron chi connectivity index (χ4n) is 4.37. The van der Waals surface area contributed by atoms with Gasteiger partial charge in [0.15, 0.2) is 5.82 Å². The van der Waals surface area contributed by atoms with Gasteiger partial charge < -0.3 is 10.5 Å². The number of hydrogen-bond donors (Lipinski definition) is 1. The molecule has 1 atom stereocenters. The molecule has 0 radical (unpaired) electrons. The first-order chi connectivity index (χ1) is 16.6. The summed E-state index contributed by atoms with van der Waals surface area (Å²) < 4.78 is 7.70. The highest BCUT2D eigenvalue weighted by molar-refractivity contribution is 7.15. The third kappa shape index (κ3) is 5.38. The number of carbonyl (C=O) groups is 1. The Balaban J connectivity index is 1.80. The smallest absolute Gasteiger partial charge is 0.308 e. The van der Waals surface area contributed by atoms with Crippen molar-refractivity contribution in [3.63, 3.8) is 0 Å². The Morgan fingerprint density at radius 3 is 2.49 bits per heavy atom. The second kappa shape index (κ2) is 10.0. The van der Waals surface area contributed by atoms with Gasteiger partial charge in [-0.05, 0) is 78.5 Å². The minimum absolute atomic E-state index is 0.100. The van der Waals surface area contributed by atoms with E-state index in [9.17, 15) is 4.79 Å². The summed E-state index contributed by atoms with van der Waals surface area (Å²) in [6.07, 6.45) is 3.21. The normalized spacial score (nSPS) is 15.3. The maximum Gasteiger partial charge on any atom is 0.308 e. The molecule has 0 saturated carbocycles. The molecule has 1 aliphatic rings. The minimum Gasteiger partial charge on any atom is -0.460 e. The number of rotatable bonds is 7. The van der Waals surface area contributed by atoms with E-state index < -0.39 is 11.6 Å². The van der Waals surface area contributed by atoms with E-state index in [-0.39, 0.29) is 12.4 Å². The van der Waals surface area contributed by atoms with Crippen LogP contribution in [0, 0.1) is 20.8 Å². The molecule has 2 N–H and O–H groups in total. The second-order valence-corrected chi connectivity index (χ2v) is 11.3. The van der Waals surface area contributed by atoms with Gasteiger partial charge in [0.2, 0.25) is 0 Å². The zero-order valence-corrected chi connectivity index (χ0v) is 22.3. The number of nitrogens with zero attached hydrogens (tertiary/aromatic N) is 4. The Hall–Kier alpha value is -2.84. The number of thiophene rings is 1. The van der Waals surface area contributed by atoms with Crippen LogP contribution in [0.25, 0.3) is 5.00 Å². The van der Waals surface area contributed by atoms with Gasteiger partial charge in [0.1, 0.15) is 22.5 Å². The van der Waals surface area contributed by atoms with E-state index in [4.69, 9.17) is 15.5 Å². The fourth-order valence-corrected chi connectivity index (χ4v) is 5.58. The van der Waals surface area contributed by atoms with Crippen molar-refractivity contribution < 1.29 is 9.53 Å². The molecule has 1 aromatic carbocycles. The predicted octanol–water partition coefficient (Wildman–Crippen LogP) is 5.16. The highest BCUT2D eigenvalue weighted by Crippen LogP contribution is 2.39. The van der Waals surface area contributed by atoms with Crippen LogP contribution in [0.2, 0.25) is 0 Å². The Kier molecular flexibility index (Phi) is 7.24. The predicted molar refractivity (Wildman–Crippen MR) is 141 cm³/mol. The van der Waals surface area contributed by atoms with Gasteiger partial charge >= 0.3 is 5.97 Å². The van der Waals surface area contributed by atoms with Crippen LogP contribution in [-0.2, 0) is 16.0 Å². The van der Waals surface area contributed by atoms with Crippen molar-refractivity contribution >= 4 is 23.0 Å². The molecule has 0 amide bonds. The zero-order chi connectivity index (χ0) is 25.3. The van der Waals surface area contributed by atoms with Crippen LogP contribution in [0.1, 0.15) is 84.9 Å². The Morgan fingerprint density at radius 1 is 1.11 bits per heavy atom. The molecule has 0 aliphatic carbocycles. The van der Waals surface area contributed by atoms with Gasteiger partial charge in [0.05, 0.1) is 12.1 Å². The standard InChI is InChI=1S/C27H35N5O2S/c1-16-17(2)35-26-23(16)24(20-12-10-19(11-13-20)9-7-8-14-28)29-21(15-22(33)34-27(4,5)6)25-31-30-18(3)32(25)26/h10-13,21H,7-9,14-15,28H2,1-6H3. The summed E-state index contributed by atoms with van der Waals surface area (Å²) in [4.78, 5) is 19.2. The van der Waals surface area contributed by atoms with E-state index in [1.807, 2.05) is 27.7 Å². The van der Waals surface area contributed by atoms with Gasteiger partial charge in [-0.25, -0.2) is 0 Å². The third-order valence-electron chi connectivity index (χ3n) is 6.17. The molecule has 1 unspecified atom stereocenters. The van der Waals surface area contributed by atoms with Crippen molar-refractivity contribution in [3.05, 3.63) is 63.0 Å². The van der Waals surface area contributed by atoms with Gasteiger partial charge in [0.25, 0.3) is 0 Å². The molecule has 186 valence electrons. The molecule has 35 heavy (non-hydrogen) atoms. The molecular formula is C27H35N5O2S. The van der Waals surface area contributed by atoms with Crippen molar-refractivity contribution in [2.45, 2.75) is 78.9 Å². The summed E-state index contributed by atoms with van der Waals surface area (Å²) in [5.74, 6) is 1.15. The first-order valence-electron chi connectivity index (χ1n) is 12.2. The average Bonchev–Trinajstić information content (AvgIpc) is 3.25. The molecule has 7 nitrogen and oxygen atoms in total. The third-order valence-corrected chi connectivity index (χ3v) is 7.36. The summed E-state index contributed by atoms with van der Waals surface area (Å²) >= 11 is 1.71. The van der Waals surface area contributed by atoms with Crippen molar-refractivity contribution in [1.29, 1.82) is 0 Å². The molecule has 0 spiro atoms. The van der Waals surface area contributed by atoms with Crippen LogP contribution >= 0.6 is 11.3 Å². The first kappa shape index (κ1) is 25.3. The minimum atomic E-state index is -0.566. The number of benzene rings is 1. The van der Waals surface area contributed by atoms with Crippen LogP contribution in [0.5, 0.6) is 0 Å². The summed E-state index contributed by atoms with van der Waals surface area (Å²) in [7, 11) is 0. The highest BCUT2D eigenvalue weighted by atomic mass is 32.1. The average molecular weight is 494 g/mol. The lowest BCUT2D eigenvalue weighted by molar-refractivity contribution is -0.155. The lowest BCUT2D eigenvalue weighted by atomic mass is 9.97. The molecule has 0 saturated heterocycles. The lowest BCUT2D eigenvalue weighted by Gasteiger charge is -2.21. The molecule has 1 aliphatic heterocycles. The van der Waals surface area contributed by atoms with E-state index in [0.29, 0.717) is 5.82 Å². The van der Waals surface area contributed by atoms with E-state index in [1.165, 1.54) is 16.0 Å². The SMILES string of the molecule is Cc1sc2c(c1C)C(c1ccc(CCCCN)cc1)=NC(CC(=O)OC(C)(C)C)c1nnc(C)n1-2. The topological polar surface area (TPSA) is 95.4 Å². The van der Waals surface area contributed by atoms with Gasteiger partial charge in [-0.1, -0.05) is 24.3 Å². The van der Waals surface area contributed by atoms with Crippen LogP contribution in [0.4, 0.5) is 0 Å². The van der Waals surface area contributed by atoms with Crippen LogP contribution in [0.15, 0.2) is 29.3 Å². The van der Waals surface area contributed by atoms with Gasteiger partial charge in [-0.15, -0.1) is 21.5 Å².